The van der Waals surface area contributed by atoms with Crippen molar-refractivity contribution in [3.8, 4) is 6.07 Å². The molecule has 0 atom stereocenters. The Morgan fingerprint density at radius 3 is 3.12 bits per heavy atom. The summed E-state index contributed by atoms with van der Waals surface area (Å²) in [4.78, 5) is 1.21. The Balaban J connectivity index is 1.51. The molecule has 1 aliphatic rings. The summed E-state index contributed by atoms with van der Waals surface area (Å²) >= 11 is 1.63. The van der Waals surface area contributed by atoms with E-state index in [0.29, 0.717) is 0 Å². The molecule has 0 unspecified atom stereocenters. The highest BCUT2D eigenvalue weighted by Gasteiger charge is 2.20. The number of thiophene rings is 1. The number of nitrogens with one attached hydrogen (secondary N) is 1. The number of nitrogens with zero attached hydrogens (tertiary/aromatic N) is 1. The van der Waals surface area contributed by atoms with E-state index in [2.05, 4.69) is 11.4 Å². The van der Waals surface area contributed by atoms with Crippen molar-refractivity contribution in [3.63, 3.8) is 0 Å². The molecule has 1 aliphatic carbocycles. The van der Waals surface area contributed by atoms with Crippen molar-refractivity contribution in [1.29, 1.82) is 5.26 Å². The zero-order chi connectivity index (χ0) is 11.2. The van der Waals surface area contributed by atoms with Crippen LogP contribution in [-0.2, 0) is 11.3 Å². The summed E-state index contributed by atoms with van der Waals surface area (Å²) in [6.07, 6.45) is 2.69. The third kappa shape index (κ3) is 3.93. The highest BCUT2D eigenvalue weighted by Crippen LogP contribution is 2.28. The normalized spacial score (nSPS) is 14.9. The summed E-state index contributed by atoms with van der Waals surface area (Å²) in [7, 11) is 0. The van der Waals surface area contributed by atoms with Crippen molar-refractivity contribution in [2.24, 2.45) is 5.92 Å². The number of hydrogen-bond donors (Lipinski definition) is 1. The van der Waals surface area contributed by atoms with Crippen LogP contribution in [0.25, 0.3) is 0 Å². The van der Waals surface area contributed by atoms with Crippen LogP contribution in [0, 0.1) is 17.2 Å². The summed E-state index contributed by atoms with van der Waals surface area (Å²) in [6, 6.07) is 4.07. The third-order valence-corrected chi connectivity index (χ3v) is 3.49. The summed E-state index contributed by atoms with van der Waals surface area (Å²) in [5.41, 5.74) is 0.756. The topological polar surface area (TPSA) is 45.0 Å². The molecule has 1 saturated carbocycles. The lowest BCUT2D eigenvalue weighted by molar-refractivity contribution is 0.126. The molecule has 0 saturated heterocycles. The van der Waals surface area contributed by atoms with E-state index in [1.807, 2.05) is 11.4 Å². The van der Waals surface area contributed by atoms with Crippen LogP contribution >= 0.6 is 11.3 Å². The number of hydrogen-bond acceptors (Lipinski definition) is 4. The molecule has 0 radical (unpaired) electrons. The summed E-state index contributed by atoms with van der Waals surface area (Å²) < 4.78 is 5.51. The van der Waals surface area contributed by atoms with Gasteiger partial charge in [0.05, 0.1) is 12.2 Å². The maximum Gasteiger partial charge on any atom is 0.100 e. The Bertz CT molecular complexity index is 365. The average molecular weight is 236 g/mol. The van der Waals surface area contributed by atoms with Crippen LogP contribution in [0.15, 0.2) is 11.4 Å². The van der Waals surface area contributed by atoms with E-state index in [-0.39, 0.29) is 0 Å². The molecule has 16 heavy (non-hydrogen) atoms. The minimum absolute atomic E-state index is 0.756. The Labute approximate surface area is 100 Å². The van der Waals surface area contributed by atoms with E-state index in [1.54, 1.807) is 11.3 Å². The molecule has 1 aromatic rings. The number of ether oxygens (including phenoxy) is 1. The van der Waals surface area contributed by atoms with Crippen LogP contribution in [-0.4, -0.2) is 19.8 Å². The fourth-order valence-corrected chi connectivity index (χ4v) is 2.20. The van der Waals surface area contributed by atoms with E-state index in [0.717, 1.165) is 37.8 Å². The van der Waals surface area contributed by atoms with Gasteiger partial charge in [-0.1, -0.05) is 0 Å². The van der Waals surface area contributed by atoms with Crippen LogP contribution in [0.1, 0.15) is 23.3 Å². The van der Waals surface area contributed by atoms with E-state index in [4.69, 9.17) is 10.00 Å². The smallest absolute Gasteiger partial charge is 0.100 e. The second kappa shape index (κ2) is 6.00. The number of rotatable bonds is 7. The molecule has 0 bridgehead atoms. The molecular weight excluding hydrogens is 220 g/mol. The second-order valence-electron chi connectivity index (χ2n) is 4.11. The summed E-state index contributed by atoms with van der Waals surface area (Å²) in [5.74, 6) is 0.843. The minimum Gasteiger partial charge on any atom is -0.380 e. The van der Waals surface area contributed by atoms with Crippen LogP contribution < -0.4 is 5.32 Å². The second-order valence-corrected chi connectivity index (χ2v) is 5.10. The molecule has 1 aromatic heterocycles. The first-order chi connectivity index (χ1) is 7.88. The SMILES string of the molecule is N#Cc1csc(CNCCOCC2CC2)c1. The van der Waals surface area contributed by atoms with E-state index < -0.39 is 0 Å². The molecule has 0 aromatic carbocycles. The zero-order valence-corrected chi connectivity index (χ0v) is 10.1. The van der Waals surface area contributed by atoms with Gasteiger partial charge in [-0.2, -0.15) is 5.26 Å². The monoisotopic (exact) mass is 236 g/mol. The highest BCUT2D eigenvalue weighted by atomic mass is 32.1. The maximum absolute atomic E-state index is 8.67. The molecule has 0 spiro atoms. The van der Waals surface area contributed by atoms with Crippen LogP contribution in [0.4, 0.5) is 0 Å². The van der Waals surface area contributed by atoms with Crippen molar-refractivity contribution in [2.75, 3.05) is 19.8 Å². The van der Waals surface area contributed by atoms with Gasteiger partial charge in [0.15, 0.2) is 0 Å². The molecule has 3 nitrogen and oxygen atoms in total. The molecule has 1 fully saturated rings. The van der Waals surface area contributed by atoms with Crippen molar-refractivity contribution in [1.82, 2.24) is 5.32 Å². The van der Waals surface area contributed by atoms with E-state index >= 15 is 0 Å². The Kier molecular flexibility index (Phi) is 4.34. The van der Waals surface area contributed by atoms with Gasteiger partial charge in [0.2, 0.25) is 0 Å². The zero-order valence-electron chi connectivity index (χ0n) is 9.24. The standard InChI is InChI=1S/C12H16N2OS/c13-6-11-5-12(16-9-11)7-14-3-4-15-8-10-1-2-10/h5,9-10,14H,1-4,7-8H2. The minimum atomic E-state index is 0.756. The van der Waals surface area contributed by atoms with Crippen molar-refractivity contribution >= 4 is 11.3 Å². The molecule has 1 N–H and O–H groups in total. The fourth-order valence-electron chi connectivity index (χ4n) is 1.42. The summed E-state index contributed by atoms with van der Waals surface area (Å²) in [5, 5.41) is 13.9. The fraction of sp³-hybridized carbons (Fsp3) is 0.583. The van der Waals surface area contributed by atoms with Gasteiger partial charge in [0.1, 0.15) is 6.07 Å². The lowest BCUT2D eigenvalue weighted by Gasteiger charge is -2.04. The Morgan fingerprint density at radius 2 is 2.44 bits per heavy atom. The molecule has 0 aliphatic heterocycles. The number of nitriles is 1. The molecular formula is C12H16N2OS. The van der Waals surface area contributed by atoms with Gasteiger partial charge in [0, 0.05) is 30.0 Å². The van der Waals surface area contributed by atoms with Gasteiger partial charge in [-0.25, -0.2) is 0 Å². The molecule has 86 valence electrons. The predicted octanol–water partition coefficient (Wildman–Crippen LogP) is 2.14. The first-order valence-corrected chi connectivity index (χ1v) is 6.52. The van der Waals surface area contributed by atoms with Gasteiger partial charge in [-0.05, 0) is 24.8 Å². The van der Waals surface area contributed by atoms with Crippen LogP contribution in [0.3, 0.4) is 0 Å². The first-order valence-electron chi connectivity index (χ1n) is 5.64. The molecule has 0 amide bonds. The van der Waals surface area contributed by atoms with Gasteiger partial charge >= 0.3 is 0 Å². The molecule has 4 heteroatoms. The lowest BCUT2D eigenvalue weighted by atomic mass is 10.3. The van der Waals surface area contributed by atoms with Crippen molar-refractivity contribution in [2.45, 2.75) is 19.4 Å². The average Bonchev–Trinajstić information content (AvgIpc) is 3.01. The van der Waals surface area contributed by atoms with Gasteiger partial charge < -0.3 is 10.1 Å². The Morgan fingerprint density at radius 1 is 1.56 bits per heavy atom. The molecule has 1 heterocycles. The van der Waals surface area contributed by atoms with Crippen molar-refractivity contribution in [3.05, 3.63) is 21.9 Å². The van der Waals surface area contributed by atoms with Crippen LogP contribution in [0.5, 0.6) is 0 Å². The lowest BCUT2D eigenvalue weighted by Crippen LogP contribution is -2.19. The molecule has 2 rings (SSSR count). The van der Waals surface area contributed by atoms with E-state index in [1.165, 1.54) is 17.7 Å². The predicted molar refractivity (Wildman–Crippen MR) is 64.3 cm³/mol. The summed E-state index contributed by atoms with van der Waals surface area (Å²) in [6.45, 7) is 3.43. The third-order valence-electron chi connectivity index (χ3n) is 2.56. The highest BCUT2D eigenvalue weighted by molar-refractivity contribution is 7.10. The Hall–Kier alpha value is -0.890. The maximum atomic E-state index is 8.67. The van der Waals surface area contributed by atoms with E-state index in [9.17, 15) is 0 Å². The first kappa shape index (κ1) is 11.6. The van der Waals surface area contributed by atoms with Crippen LogP contribution in [0.2, 0.25) is 0 Å². The largest absolute Gasteiger partial charge is 0.380 e. The van der Waals surface area contributed by atoms with Gasteiger partial charge in [-0.15, -0.1) is 11.3 Å². The van der Waals surface area contributed by atoms with Gasteiger partial charge in [0.25, 0.3) is 0 Å². The van der Waals surface area contributed by atoms with Gasteiger partial charge in [-0.3, -0.25) is 0 Å². The quantitative estimate of drug-likeness (QED) is 0.738. The van der Waals surface area contributed by atoms with Crippen molar-refractivity contribution < 1.29 is 4.74 Å².